The van der Waals surface area contributed by atoms with Crippen LogP contribution in [0, 0.1) is 0 Å². The van der Waals surface area contributed by atoms with Crippen LogP contribution in [-0.4, -0.2) is 18.9 Å². The molecule has 0 bridgehead atoms. The van der Waals surface area contributed by atoms with Crippen molar-refractivity contribution in [3.05, 3.63) is 41.0 Å². The molecule has 0 saturated carbocycles. The number of nitrogens with zero attached hydrogens (tertiary/aromatic N) is 1. The fourth-order valence-electron chi connectivity index (χ4n) is 1.52. The van der Waals surface area contributed by atoms with Crippen LogP contribution in [0.15, 0.2) is 30.5 Å². The van der Waals surface area contributed by atoms with Gasteiger partial charge in [-0.1, -0.05) is 17.7 Å². The first-order valence-electron chi connectivity index (χ1n) is 5.20. The van der Waals surface area contributed by atoms with Crippen LogP contribution in [0.1, 0.15) is 5.56 Å². The van der Waals surface area contributed by atoms with Crippen LogP contribution in [0.2, 0.25) is 5.02 Å². The first-order valence-corrected chi connectivity index (χ1v) is 6.99. The fraction of sp³-hybridized carbons (Fsp3) is 0.182. The summed E-state index contributed by atoms with van der Waals surface area (Å²) >= 11 is 5.91. The van der Waals surface area contributed by atoms with Gasteiger partial charge in [0.25, 0.3) is 0 Å². The summed E-state index contributed by atoms with van der Waals surface area (Å²) in [6, 6.07) is 6.02. The van der Waals surface area contributed by atoms with Crippen molar-refractivity contribution in [1.29, 1.82) is 0 Å². The lowest BCUT2D eigenvalue weighted by Crippen LogP contribution is -2.25. The summed E-state index contributed by atoms with van der Waals surface area (Å²) < 4.78 is 62.2. The summed E-state index contributed by atoms with van der Waals surface area (Å²) in [4.78, 5) is 3.96. The van der Waals surface area contributed by atoms with Crippen LogP contribution in [0.3, 0.4) is 0 Å². The van der Waals surface area contributed by atoms with Gasteiger partial charge in [-0.15, -0.1) is 0 Å². The number of halogens is 4. The van der Waals surface area contributed by atoms with E-state index in [0.29, 0.717) is 10.4 Å². The van der Waals surface area contributed by atoms with Gasteiger partial charge >= 0.3 is 15.6 Å². The molecule has 9 heteroatoms. The maximum absolute atomic E-state index is 12.2. The number of alkyl halides is 3. The number of pyridine rings is 1. The molecule has 0 saturated heterocycles. The normalized spacial score (nSPS) is 12.8. The molecule has 0 spiro atoms. The number of rotatable bonds is 3. The molecule has 0 aliphatic heterocycles. The lowest BCUT2D eigenvalue weighted by Gasteiger charge is -2.10. The first-order chi connectivity index (χ1) is 9.22. The number of benzene rings is 1. The predicted molar refractivity (Wildman–Crippen MR) is 66.5 cm³/mol. The van der Waals surface area contributed by atoms with Gasteiger partial charge in [-0.2, -0.15) is 21.6 Å². The molecule has 0 N–H and O–H groups in total. The maximum Gasteiger partial charge on any atom is 0.523 e. The Morgan fingerprint density at radius 1 is 1.25 bits per heavy atom. The van der Waals surface area contributed by atoms with Gasteiger partial charge in [-0.05, 0) is 18.2 Å². The van der Waals surface area contributed by atoms with Gasteiger partial charge in [0.1, 0.15) is 0 Å². The molecule has 2 aromatic rings. The summed E-state index contributed by atoms with van der Waals surface area (Å²) in [7, 11) is -5.64. The topological polar surface area (TPSA) is 56.3 Å². The third-order valence-corrected chi connectivity index (χ3v) is 3.78. The second-order valence-corrected chi connectivity index (χ2v) is 5.78. The minimum absolute atomic E-state index is 0.192. The highest BCUT2D eigenvalue weighted by Crippen LogP contribution is 2.28. The standard InChI is InChI=1S/C11H7ClF3NO3S/c12-9-4-3-7(10-8(9)2-1-5-16-10)6-19-20(17,18)11(13,14)15/h1-5H,6H2. The summed E-state index contributed by atoms with van der Waals surface area (Å²) in [5.74, 6) is 0. The molecule has 108 valence electrons. The van der Waals surface area contributed by atoms with Crippen LogP contribution < -0.4 is 0 Å². The van der Waals surface area contributed by atoms with E-state index in [4.69, 9.17) is 11.6 Å². The highest BCUT2D eigenvalue weighted by atomic mass is 35.5. The average Bonchev–Trinajstić information content (AvgIpc) is 2.37. The molecule has 0 amide bonds. The second-order valence-electron chi connectivity index (χ2n) is 3.77. The predicted octanol–water partition coefficient (Wildman–Crippen LogP) is 3.25. The maximum atomic E-state index is 12.2. The zero-order valence-electron chi connectivity index (χ0n) is 9.69. The van der Waals surface area contributed by atoms with E-state index >= 15 is 0 Å². The van der Waals surface area contributed by atoms with Crippen molar-refractivity contribution in [2.45, 2.75) is 12.1 Å². The summed E-state index contributed by atoms with van der Waals surface area (Å²) in [6.07, 6.45) is 1.42. The van der Waals surface area contributed by atoms with Gasteiger partial charge in [-0.25, -0.2) is 0 Å². The van der Waals surface area contributed by atoms with Gasteiger partial charge in [0.2, 0.25) is 0 Å². The van der Waals surface area contributed by atoms with Crippen molar-refractivity contribution in [1.82, 2.24) is 4.98 Å². The Hall–Kier alpha value is -1.38. The Balaban J connectivity index is 2.35. The van der Waals surface area contributed by atoms with E-state index in [1.165, 1.54) is 18.3 Å². The quantitative estimate of drug-likeness (QED) is 0.642. The van der Waals surface area contributed by atoms with Crippen molar-refractivity contribution < 1.29 is 25.8 Å². The van der Waals surface area contributed by atoms with Crippen molar-refractivity contribution in [2.24, 2.45) is 0 Å². The molecular formula is C11H7ClF3NO3S. The van der Waals surface area contributed by atoms with E-state index in [9.17, 15) is 21.6 Å². The number of hydrogen-bond acceptors (Lipinski definition) is 4. The van der Waals surface area contributed by atoms with Gasteiger partial charge in [0.05, 0.1) is 12.1 Å². The lowest BCUT2D eigenvalue weighted by molar-refractivity contribution is -0.0547. The molecule has 0 atom stereocenters. The van der Waals surface area contributed by atoms with Gasteiger partial charge in [0.15, 0.2) is 0 Å². The summed E-state index contributed by atoms with van der Waals surface area (Å²) in [6.45, 7) is -0.771. The molecule has 0 aliphatic rings. The van der Waals surface area contributed by atoms with Crippen LogP contribution in [0.25, 0.3) is 10.9 Å². The molecule has 1 heterocycles. The van der Waals surface area contributed by atoms with E-state index in [1.54, 1.807) is 12.1 Å². The summed E-state index contributed by atoms with van der Waals surface area (Å²) in [5.41, 5.74) is -4.97. The molecule has 0 radical (unpaired) electrons. The minimum atomic E-state index is -5.64. The second kappa shape index (κ2) is 5.19. The Morgan fingerprint density at radius 2 is 1.95 bits per heavy atom. The molecule has 0 unspecified atom stereocenters. The molecule has 2 rings (SSSR count). The Bertz CT molecular complexity index is 746. The van der Waals surface area contributed by atoms with Crippen molar-refractivity contribution in [3.8, 4) is 0 Å². The highest BCUT2D eigenvalue weighted by Gasteiger charge is 2.47. The molecular weight excluding hydrogens is 319 g/mol. The van der Waals surface area contributed by atoms with Gasteiger partial charge in [-0.3, -0.25) is 9.17 Å². The molecule has 1 aromatic heterocycles. The van der Waals surface area contributed by atoms with E-state index in [1.807, 2.05) is 0 Å². The van der Waals surface area contributed by atoms with Crippen LogP contribution in [0.5, 0.6) is 0 Å². The number of hydrogen-bond donors (Lipinski definition) is 0. The van der Waals surface area contributed by atoms with Crippen molar-refractivity contribution >= 4 is 32.6 Å². The third-order valence-electron chi connectivity index (χ3n) is 2.45. The Morgan fingerprint density at radius 3 is 2.60 bits per heavy atom. The van der Waals surface area contributed by atoms with Gasteiger partial charge < -0.3 is 0 Å². The molecule has 4 nitrogen and oxygen atoms in total. The zero-order valence-corrected chi connectivity index (χ0v) is 11.3. The summed E-state index contributed by atoms with van der Waals surface area (Å²) in [5, 5.41) is 0.857. The zero-order chi connectivity index (χ0) is 15.0. The SMILES string of the molecule is O=S(=O)(OCc1ccc(Cl)c2cccnc12)C(F)(F)F. The fourth-order valence-corrected chi connectivity index (χ4v) is 2.15. The Labute approximate surface area is 117 Å². The van der Waals surface area contributed by atoms with Gasteiger partial charge in [0, 0.05) is 22.2 Å². The smallest absolute Gasteiger partial charge is 0.258 e. The number of fused-ring (bicyclic) bond motifs is 1. The largest absolute Gasteiger partial charge is 0.523 e. The molecule has 1 aromatic carbocycles. The average molecular weight is 326 g/mol. The molecule has 0 fully saturated rings. The molecule has 0 aliphatic carbocycles. The van der Waals surface area contributed by atoms with E-state index in [2.05, 4.69) is 9.17 Å². The lowest BCUT2D eigenvalue weighted by atomic mass is 10.1. The first kappa shape index (κ1) is 15.0. The minimum Gasteiger partial charge on any atom is -0.258 e. The van der Waals surface area contributed by atoms with Crippen molar-refractivity contribution in [3.63, 3.8) is 0 Å². The number of aromatic nitrogens is 1. The third kappa shape index (κ3) is 2.87. The van der Waals surface area contributed by atoms with E-state index in [0.717, 1.165) is 0 Å². The van der Waals surface area contributed by atoms with E-state index < -0.39 is 22.2 Å². The van der Waals surface area contributed by atoms with Crippen LogP contribution in [0.4, 0.5) is 13.2 Å². The highest BCUT2D eigenvalue weighted by molar-refractivity contribution is 7.87. The van der Waals surface area contributed by atoms with Crippen LogP contribution in [-0.2, 0) is 20.9 Å². The van der Waals surface area contributed by atoms with Crippen molar-refractivity contribution in [2.75, 3.05) is 0 Å². The monoisotopic (exact) mass is 325 g/mol. The Kier molecular flexibility index (Phi) is 3.90. The van der Waals surface area contributed by atoms with E-state index in [-0.39, 0.29) is 11.1 Å². The van der Waals surface area contributed by atoms with Crippen LogP contribution >= 0.6 is 11.6 Å². The molecule has 20 heavy (non-hydrogen) atoms.